The molecule has 0 saturated heterocycles. The first-order chi connectivity index (χ1) is 11.3. The molecule has 0 spiro atoms. The molecule has 0 aliphatic rings. The standard InChI is InChI=1S/C17H25NO5S/c1-3-4-5-11-18-16(19)13-23-17(20)10-12-24(21,22)15-8-6-14(2)7-9-15/h6-9H,3-5,10-13H2,1-2H3,(H,18,19). The molecule has 1 amide bonds. The molecule has 7 heteroatoms. The first-order valence-corrected chi connectivity index (χ1v) is 9.72. The van der Waals surface area contributed by atoms with Crippen molar-refractivity contribution in [3.63, 3.8) is 0 Å². The molecule has 134 valence electrons. The lowest BCUT2D eigenvalue weighted by atomic mass is 10.2. The number of carbonyl (C=O) groups excluding carboxylic acids is 2. The van der Waals surface area contributed by atoms with Gasteiger partial charge in [0.1, 0.15) is 0 Å². The number of esters is 1. The van der Waals surface area contributed by atoms with Crippen LogP contribution in [0.25, 0.3) is 0 Å². The van der Waals surface area contributed by atoms with E-state index in [2.05, 4.69) is 12.2 Å². The second kappa shape index (κ2) is 10.1. The van der Waals surface area contributed by atoms with Gasteiger partial charge in [-0.15, -0.1) is 0 Å². The van der Waals surface area contributed by atoms with Gasteiger partial charge in [-0.1, -0.05) is 37.5 Å². The Morgan fingerprint density at radius 2 is 1.79 bits per heavy atom. The SMILES string of the molecule is CCCCCNC(=O)COC(=O)CCS(=O)(=O)c1ccc(C)cc1. The predicted molar refractivity (Wildman–Crippen MR) is 91.3 cm³/mol. The molecule has 24 heavy (non-hydrogen) atoms. The summed E-state index contributed by atoms with van der Waals surface area (Å²) in [5.74, 6) is -1.41. The molecule has 0 atom stereocenters. The number of aryl methyl sites for hydroxylation is 1. The summed E-state index contributed by atoms with van der Waals surface area (Å²) in [6, 6.07) is 6.43. The van der Waals surface area contributed by atoms with E-state index in [9.17, 15) is 18.0 Å². The van der Waals surface area contributed by atoms with Crippen molar-refractivity contribution in [1.82, 2.24) is 5.32 Å². The summed E-state index contributed by atoms with van der Waals surface area (Å²) in [6.45, 7) is 4.09. The molecule has 0 heterocycles. The van der Waals surface area contributed by atoms with E-state index >= 15 is 0 Å². The molecule has 6 nitrogen and oxygen atoms in total. The Kier molecular flexibility index (Phi) is 8.46. The van der Waals surface area contributed by atoms with Crippen LogP contribution >= 0.6 is 0 Å². The molecule has 0 saturated carbocycles. The van der Waals surface area contributed by atoms with Crippen molar-refractivity contribution in [3.05, 3.63) is 29.8 Å². The zero-order chi connectivity index (χ0) is 18.0. The summed E-state index contributed by atoms with van der Waals surface area (Å²) in [6.07, 6.45) is 2.68. The highest BCUT2D eigenvalue weighted by atomic mass is 32.2. The highest BCUT2D eigenvalue weighted by Gasteiger charge is 2.17. The molecule has 1 rings (SSSR count). The summed E-state index contributed by atoms with van der Waals surface area (Å²) < 4.78 is 29.0. The lowest BCUT2D eigenvalue weighted by Crippen LogP contribution is -2.29. The van der Waals surface area contributed by atoms with Crippen molar-refractivity contribution in [1.29, 1.82) is 0 Å². The number of amides is 1. The number of hydrogen-bond donors (Lipinski definition) is 1. The second-order valence-electron chi connectivity index (χ2n) is 5.60. The average molecular weight is 355 g/mol. The Labute approximate surface area is 143 Å². The lowest BCUT2D eigenvalue weighted by molar-refractivity contribution is -0.148. The van der Waals surface area contributed by atoms with Gasteiger partial charge in [0.2, 0.25) is 0 Å². The van der Waals surface area contributed by atoms with Gasteiger partial charge in [-0.2, -0.15) is 0 Å². The Balaban J connectivity index is 2.32. The Morgan fingerprint density at radius 1 is 1.12 bits per heavy atom. The van der Waals surface area contributed by atoms with Crippen LogP contribution in [0.2, 0.25) is 0 Å². The topological polar surface area (TPSA) is 89.5 Å². The van der Waals surface area contributed by atoms with E-state index in [1.807, 2.05) is 6.92 Å². The van der Waals surface area contributed by atoms with Gasteiger partial charge >= 0.3 is 5.97 Å². The summed E-state index contributed by atoms with van der Waals surface area (Å²) >= 11 is 0. The Bertz CT molecular complexity index is 637. The van der Waals surface area contributed by atoms with E-state index in [4.69, 9.17) is 4.74 Å². The molecule has 0 aliphatic heterocycles. The fourth-order valence-corrected chi connectivity index (χ4v) is 3.18. The third-order valence-corrected chi connectivity index (χ3v) is 5.15. The maximum Gasteiger partial charge on any atom is 0.307 e. The number of hydrogen-bond acceptors (Lipinski definition) is 5. The third kappa shape index (κ3) is 7.59. The monoisotopic (exact) mass is 355 g/mol. The van der Waals surface area contributed by atoms with Crippen LogP contribution in [-0.4, -0.2) is 39.2 Å². The highest BCUT2D eigenvalue weighted by molar-refractivity contribution is 7.91. The number of benzene rings is 1. The van der Waals surface area contributed by atoms with E-state index in [0.29, 0.717) is 6.54 Å². The van der Waals surface area contributed by atoms with E-state index in [-0.39, 0.29) is 29.6 Å². The number of unbranched alkanes of at least 4 members (excludes halogenated alkanes) is 2. The average Bonchev–Trinajstić information content (AvgIpc) is 2.55. The first kappa shape index (κ1) is 20.2. The van der Waals surface area contributed by atoms with E-state index in [0.717, 1.165) is 24.8 Å². The Hall–Kier alpha value is -1.89. The molecule has 0 aliphatic carbocycles. The van der Waals surface area contributed by atoms with Crippen LogP contribution in [0, 0.1) is 6.92 Å². The van der Waals surface area contributed by atoms with Crippen molar-refractivity contribution in [3.8, 4) is 0 Å². The van der Waals surface area contributed by atoms with E-state index in [1.165, 1.54) is 12.1 Å². The van der Waals surface area contributed by atoms with Crippen LogP contribution in [0.1, 0.15) is 38.2 Å². The minimum Gasteiger partial charge on any atom is -0.456 e. The van der Waals surface area contributed by atoms with Crippen molar-refractivity contribution in [2.24, 2.45) is 0 Å². The minimum absolute atomic E-state index is 0.176. The molecular weight excluding hydrogens is 330 g/mol. The van der Waals surface area contributed by atoms with Gasteiger partial charge in [-0.3, -0.25) is 9.59 Å². The van der Waals surface area contributed by atoms with Crippen molar-refractivity contribution >= 4 is 21.7 Å². The van der Waals surface area contributed by atoms with Crippen LogP contribution in [0.3, 0.4) is 0 Å². The van der Waals surface area contributed by atoms with E-state index < -0.39 is 15.8 Å². The molecular formula is C17H25NO5S. The summed E-state index contributed by atoms with van der Waals surface area (Å²) in [5.41, 5.74) is 0.957. The molecule has 1 N–H and O–H groups in total. The number of rotatable bonds is 10. The molecule has 0 unspecified atom stereocenters. The van der Waals surface area contributed by atoms with Crippen LogP contribution in [0.4, 0.5) is 0 Å². The van der Waals surface area contributed by atoms with Gasteiger partial charge < -0.3 is 10.1 Å². The summed E-state index contributed by atoms with van der Waals surface area (Å²) in [7, 11) is -3.53. The van der Waals surface area contributed by atoms with Crippen molar-refractivity contribution < 1.29 is 22.7 Å². The van der Waals surface area contributed by atoms with Crippen molar-refractivity contribution in [2.75, 3.05) is 18.9 Å². The minimum atomic E-state index is -3.53. The van der Waals surface area contributed by atoms with Gasteiger partial charge in [0, 0.05) is 6.54 Å². The van der Waals surface area contributed by atoms with Crippen LogP contribution in [0.15, 0.2) is 29.2 Å². The molecule has 1 aromatic rings. The number of nitrogens with one attached hydrogen (secondary N) is 1. The summed E-state index contributed by atoms with van der Waals surface area (Å²) in [5, 5.41) is 2.64. The molecule has 0 bridgehead atoms. The number of sulfone groups is 1. The smallest absolute Gasteiger partial charge is 0.307 e. The Morgan fingerprint density at radius 3 is 2.42 bits per heavy atom. The normalized spacial score (nSPS) is 11.1. The van der Waals surface area contributed by atoms with Gasteiger partial charge in [-0.05, 0) is 25.5 Å². The zero-order valence-corrected chi connectivity index (χ0v) is 15.0. The molecule has 0 aromatic heterocycles. The predicted octanol–water partition coefficient (Wildman–Crippen LogP) is 2.01. The molecule has 0 radical (unpaired) electrons. The largest absolute Gasteiger partial charge is 0.456 e. The van der Waals surface area contributed by atoms with Gasteiger partial charge in [0.15, 0.2) is 16.4 Å². The van der Waals surface area contributed by atoms with E-state index in [1.54, 1.807) is 12.1 Å². The molecule has 1 aromatic carbocycles. The number of ether oxygens (including phenoxy) is 1. The van der Waals surface area contributed by atoms with Crippen LogP contribution in [0.5, 0.6) is 0 Å². The van der Waals surface area contributed by atoms with Gasteiger partial charge in [0.05, 0.1) is 17.1 Å². The first-order valence-electron chi connectivity index (χ1n) is 8.07. The lowest BCUT2D eigenvalue weighted by Gasteiger charge is -2.07. The van der Waals surface area contributed by atoms with Crippen LogP contribution in [-0.2, 0) is 24.2 Å². The zero-order valence-electron chi connectivity index (χ0n) is 14.2. The summed E-state index contributed by atoms with van der Waals surface area (Å²) in [4.78, 5) is 23.2. The van der Waals surface area contributed by atoms with Crippen LogP contribution < -0.4 is 5.32 Å². The second-order valence-corrected chi connectivity index (χ2v) is 7.71. The molecule has 0 fully saturated rings. The highest BCUT2D eigenvalue weighted by Crippen LogP contribution is 2.13. The quantitative estimate of drug-likeness (QED) is 0.512. The third-order valence-electron chi connectivity index (χ3n) is 3.42. The van der Waals surface area contributed by atoms with Gasteiger partial charge in [0.25, 0.3) is 5.91 Å². The van der Waals surface area contributed by atoms with Gasteiger partial charge in [-0.25, -0.2) is 8.42 Å². The fraction of sp³-hybridized carbons (Fsp3) is 0.529. The maximum atomic E-state index is 12.1. The number of carbonyl (C=O) groups is 2. The van der Waals surface area contributed by atoms with Crippen molar-refractivity contribution in [2.45, 2.75) is 44.4 Å². The maximum absolute atomic E-state index is 12.1. The fourth-order valence-electron chi connectivity index (χ4n) is 1.95.